The molecule has 2 amide bonds. The second-order valence-corrected chi connectivity index (χ2v) is 4.87. The van der Waals surface area contributed by atoms with Gasteiger partial charge in [0.15, 0.2) is 0 Å². The SMILES string of the molecule is CC1CCCC(=O)N1C1CCCCC(=O)N1. The Morgan fingerprint density at radius 1 is 1.12 bits per heavy atom. The standard InChI is InChI=1S/C12H20N2O2/c1-9-5-4-8-12(16)14(9)10-6-2-3-7-11(15)13-10/h9-10H,2-8H2,1H3,(H,13,15). The number of piperidine rings is 1. The first-order chi connectivity index (χ1) is 7.68. The van der Waals surface area contributed by atoms with E-state index in [1.807, 2.05) is 4.90 Å². The van der Waals surface area contributed by atoms with Crippen molar-refractivity contribution in [2.24, 2.45) is 0 Å². The summed E-state index contributed by atoms with van der Waals surface area (Å²) in [6, 6.07) is 0.268. The van der Waals surface area contributed by atoms with Crippen LogP contribution in [0.1, 0.15) is 51.9 Å². The average Bonchev–Trinajstić information content (AvgIpc) is 2.43. The molecular weight excluding hydrogens is 204 g/mol. The Kier molecular flexibility index (Phi) is 3.46. The molecule has 2 aliphatic heterocycles. The first-order valence-corrected chi connectivity index (χ1v) is 6.29. The molecule has 90 valence electrons. The quantitative estimate of drug-likeness (QED) is 0.732. The van der Waals surface area contributed by atoms with E-state index in [9.17, 15) is 9.59 Å². The highest BCUT2D eigenvalue weighted by atomic mass is 16.2. The summed E-state index contributed by atoms with van der Waals surface area (Å²) < 4.78 is 0. The lowest BCUT2D eigenvalue weighted by molar-refractivity contribution is -0.141. The third-order valence-electron chi connectivity index (χ3n) is 3.57. The molecule has 2 fully saturated rings. The van der Waals surface area contributed by atoms with Crippen molar-refractivity contribution in [2.45, 2.75) is 64.1 Å². The maximum absolute atomic E-state index is 11.9. The predicted molar refractivity (Wildman–Crippen MR) is 60.6 cm³/mol. The average molecular weight is 224 g/mol. The summed E-state index contributed by atoms with van der Waals surface area (Å²) in [5.41, 5.74) is 0. The van der Waals surface area contributed by atoms with Crippen LogP contribution < -0.4 is 5.32 Å². The fourth-order valence-corrected chi connectivity index (χ4v) is 2.71. The van der Waals surface area contributed by atoms with E-state index < -0.39 is 0 Å². The highest BCUT2D eigenvalue weighted by Crippen LogP contribution is 2.23. The molecule has 2 atom stereocenters. The van der Waals surface area contributed by atoms with Gasteiger partial charge in [0, 0.05) is 18.9 Å². The van der Waals surface area contributed by atoms with Gasteiger partial charge in [0.25, 0.3) is 0 Å². The molecule has 0 spiro atoms. The van der Waals surface area contributed by atoms with Crippen molar-refractivity contribution < 1.29 is 9.59 Å². The van der Waals surface area contributed by atoms with E-state index in [-0.39, 0.29) is 24.0 Å². The lowest BCUT2D eigenvalue weighted by atomic mass is 10.0. The zero-order valence-electron chi connectivity index (χ0n) is 9.87. The zero-order chi connectivity index (χ0) is 11.5. The van der Waals surface area contributed by atoms with Crippen LogP contribution in [-0.4, -0.2) is 28.9 Å². The highest BCUT2D eigenvalue weighted by molar-refractivity contribution is 5.80. The van der Waals surface area contributed by atoms with Gasteiger partial charge in [-0.15, -0.1) is 0 Å². The van der Waals surface area contributed by atoms with Gasteiger partial charge in [-0.25, -0.2) is 0 Å². The minimum Gasteiger partial charge on any atom is -0.336 e. The van der Waals surface area contributed by atoms with Crippen molar-refractivity contribution in [3.8, 4) is 0 Å². The van der Waals surface area contributed by atoms with E-state index in [0.29, 0.717) is 12.8 Å². The van der Waals surface area contributed by atoms with Crippen LogP contribution in [0.25, 0.3) is 0 Å². The Morgan fingerprint density at radius 2 is 1.94 bits per heavy atom. The largest absolute Gasteiger partial charge is 0.336 e. The number of hydrogen-bond donors (Lipinski definition) is 1. The Bertz CT molecular complexity index is 291. The van der Waals surface area contributed by atoms with Crippen LogP contribution in [0.4, 0.5) is 0 Å². The van der Waals surface area contributed by atoms with Gasteiger partial charge in [0.05, 0.1) is 0 Å². The number of nitrogens with one attached hydrogen (secondary N) is 1. The van der Waals surface area contributed by atoms with Gasteiger partial charge in [-0.05, 0) is 39.0 Å². The second-order valence-electron chi connectivity index (χ2n) is 4.87. The topological polar surface area (TPSA) is 49.4 Å². The van der Waals surface area contributed by atoms with Gasteiger partial charge in [-0.2, -0.15) is 0 Å². The lowest BCUT2D eigenvalue weighted by Crippen LogP contribution is -2.55. The molecule has 0 aromatic rings. The van der Waals surface area contributed by atoms with Crippen LogP contribution in [0, 0.1) is 0 Å². The molecule has 0 aliphatic carbocycles. The first-order valence-electron chi connectivity index (χ1n) is 6.29. The summed E-state index contributed by atoms with van der Waals surface area (Å²) in [5, 5.41) is 2.98. The molecule has 1 N–H and O–H groups in total. The maximum Gasteiger partial charge on any atom is 0.224 e. The summed E-state index contributed by atoms with van der Waals surface area (Å²) >= 11 is 0. The van der Waals surface area contributed by atoms with E-state index in [2.05, 4.69) is 12.2 Å². The van der Waals surface area contributed by atoms with Gasteiger partial charge in [-0.3, -0.25) is 9.59 Å². The Hall–Kier alpha value is -1.06. The van der Waals surface area contributed by atoms with Crippen molar-refractivity contribution >= 4 is 11.8 Å². The molecule has 4 heteroatoms. The lowest BCUT2D eigenvalue weighted by Gasteiger charge is -2.39. The van der Waals surface area contributed by atoms with Crippen LogP contribution >= 0.6 is 0 Å². The van der Waals surface area contributed by atoms with E-state index in [0.717, 1.165) is 32.1 Å². The van der Waals surface area contributed by atoms with E-state index in [1.54, 1.807) is 0 Å². The molecule has 0 aromatic carbocycles. The van der Waals surface area contributed by atoms with Gasteiger partial charge in [-0.1, -0.05) is 0 Å². The Balaban J connectivity index is 2.08. The van der Waals surface area contributed by atoms with Crippen molar-refractivity contribution in [1.29, 1.82) is 0 Å². The van der Waals surface area contributed by atoms with Crippen LogP contribution in [0.15, 0.2) is 0 Å². The van der Waals surface area contributed by atoms with Gasteiger partial charge in [0.1, 0.15) is 6.17 Å². The van der Waals surface area contributed by atoms with E-state index >= 15 is 0 Å². The molecule has 2 unspecified atom stereocenters. The Morgan fingerprint density at radius 3 is 2.69 bits per heavy atom. The number of likely N-dealkylation sites (tertiary alicyclic amines) is 1. The van der Waals surface area contributed by atoms with Crippen LogP contribution in [0.2, 0.25) is 0 Å². The molecule has 2 heterocycles. The summed E-state index contributed by atoms with van der Waals surface area (Å²) in [4.78, 5) is 25.3. The minimum absolute atomic E-state index is 0.0576. The molecule has 0 bridgehead atoms. The van der Waals surface area contributed by atoms with Crippen LogP contribution in [-0.2, 0) is 9.59 Å². The van der Waals surface area contributed by atoms with Crippen molar-refractivity contribution in [1.82, 2.24) is 10.2 Å². The third-order valence-corrected chi connectivity index (χ3v) is 3.57. The monoisotopic (exact) mass is 224 g/mol. The van der Waals surface area contributed by atoms with Gasteiger partial charge < -0.3 is 10.2 Å². The van der Waals surface area contributed by atoms with Crippen LogP contribution in [0.5, 0.6) is 0 Å². The fourth-order valence-electron chi connectivity index (χ4n) is 2.71. The number of carbonyl (C=O) groups excluding carboxylic acids is 2. The summed E-state index contributed by atoms with van der Waals surface area (Å²) in [6.45, 7) is 2.08. The van der Waals surface area contributed by atoms with Crippen molar-refractivity contribution in [3.05, 3.63) is 0 Å². The molecule has 16 heavy (non-hydrogen) atoms. The summed E-state index contributed by atoms with van der Waals surface area (Å²) in [6.07, 6.45) is 6.09. The zero-order valence-corrected chi connectivity index (χ0v) is 9.87. The molecule has 0 radical (unpaired) electrons. The van der Waals surface area contributed by atoms with Gasteiger partial charge in [0.2, 0.25) is 11.8 Å². The minimum atomic E-state index is -0.0576. The number of carbonyl (C=O) groups is 2. The van der Waals surface area contributed by atoms with Crippen molar-refractivity contribution in [3.63, 3.8) is 0 Å². The Labute approximate surface area is 96.4 Å². The number of hydrogen-bond acceptors (Lipinski definition) is 2. The fraction of sp³-hybridized carbons (Fsp3) is 0.833. The van der Waals surface area contributed by atoms with Crippen molar-refractivity contribution in [2.75, 3.05) is 0 Å². The summed E-state index contributed by atoms with van der Waals surface area (Å²) in [5.74, 6) is 0.291. The number of amides is 2. The second kappa shape index (κ2) is 4.85. The molecule has 2 rings (SSSR count). The summed E-state index contributed by atoms with van der Waals surface area (Å²) in [7, 11) is 0. The van der Waals surface area contributed by atoms with Gasteiger partial charge >= 0.3 is 0 Å². The van der Waals surface area contributed by atoms with E-state index in [4.69, 9.17) is 0 Å². The molecular formula is C12H20N2O2. The predicted octanol–water partition coefficient (Wildman–Crippen LogP) is 1.40. The molecule has 2 saturated heterocycles. The third kappa shape index (κ3) is 2.36. The first kappa shape index (κ1) is 11.4. The molecule has 0 aromatic heterocycles. The molecule has 0 saturated carbocycles. The smallest absolute Gasteiger partial charge is 0.224 e. The normalized spacial score (nSPS) is 32.2. The molecule has 2 aliphatic rings. The molecule has 4 nitrogen and oxygen atoms in total. The van der Waals surface area contributed by atoms with Crippen LogP contribution in [0.3, 0.4) is 0 Å². The van der Waals surface area contributed by atoms with E-state index in [1.165, 1.54) is 0 Å². The highest BCUT2D eigenvalue weighted by Gasteiger charge is 2.32. The maximum atomic E-state index is 11.9. The number of nitrogens with zero attached hydrogens (tertiary/aromatic N) is 1. The number of rotatable bonds is 1.